The van der Waals surface area contributed by atoms with Crippen molar-refractivity contribution in [3.63, 3.8) is 0 Å². The normalized spacial score (nSPS) is 10.8. The van der Waals surface area contributed by atoms with Crippen molar-refractivity contribution in [2.24, 2.45) is 0 Å². The second kappa shape index (κ2) is 10.7. The Bertz CT molecular complexity index is 1120. The Morgan fingerprint density at radius 3 is 2.12 bits per heavy atom. The van der Waals surface area contributed by atoms with Crippen LogP contribution in [0.15, 0.2) is 78.9 Å². The van der Waals surface area contributed by atoms with Gasteiger partial charge in [-0.25, -0.2) is 0 Å². The van der Waals surface area contributed by atoms with Crippen molar-refractivity contribution in [3.05, 3.63) is 90.0 Å². The summed E-state index contributed by atoms with van der Waals surface area (Å²) >= 11 is 5.21. The molecule has 0 aliphatic heterocycles. The van der Waals surface area contributed by atoms with E-state index in [4.69, 9.17) is 17.0 Å². The van der Waals surface area contributed by atoms with Gasteiger partial charge in [0.1, 0.15) is 5.75 Å². The highest BCUT2D eigenvalue weighted by molar-refractivity contribution is 7.80. The summed E-state index contributed by atoms with van der Waals surface area (Å²) < 4.78 is 5.40. The molecule has 0 aliphatic carbocycles. The number of anilines is 2. The number of hydrogen-bond donors (Lipinski definition) is 3. The molecule has 0 saturated carbocycles. The first-order chi connectivity index (χ1) is 15.7. The molecule has 3 rings (SSSR count). The molecular formula is C26H27N3O3S. The summed E-state index contributed by atoms with van der Waals surface area (Å²) in [4.78, 5) is 24.7. The molecule has 0 fully saturated rings. The van der Waals surface area contributed by atoms with Crippen LogP contribution in [0.5, 0.6) is 5.75 Å². The topological polar surface area (TPSA) is 79.5 Å². The van der Waals surface area contributed by atoms with E-state index in [1.54, 1.807) is 36.4 Å². The number of rotatable bonds is 6. The number of ether oxygens (including phenoxy) is 1. The van der Waals surface area contributed by atoms with Crippen molar-refractivity contribution in [2.75, 3.05) is 17.2 Å². The van der Waals surface area contributed by atoms with Crippen molar-refractivity contribution in [1.82, 2.24) is 5.32 Å². The molecule has 33 heavy (non-hydrogen) atoms. The number of nitrogens with one attached hydrogen (secondary N) is 3. The van der Waals surface area contributed by atoms with Gasteiger partial charge in [-0.1, -0.05) is 57.2 Å². The largest absolute Gasteiger partial charge is 0.484 e. The Morgan fingerprint density at radius 1 is 0.848 bits per heavy atom. The third kappa shape index (κ3) is 7.43. The minimum atomic E-state index is -0.375. The first-order valence-corrected chi connectivity index (χ1v) is 10.9. The standard InChI is InChI=1S/C26H27N3O3S/c1-26(2,3)19-14-12-18(13-15-19)24(31)27-20-8-7-9-21(16-20)28-25(33)29-23(30)17-32-22-10-5-4-6-11-22/h4-16H,17H2,1-3H3,(H,27,31)(H2,28,29,30,33). The molecular weight excluding hydrogens is 434 g/mol. The first kappa shape index (κ1) is 23.9. The van der Waals surface area contributed by atoms with E-state index >= 15 is 0 Å². The maximum Gasteiger partial charge on any atom is 0.264 e. The zero-order valence-corrected chi connectivity index (χ0v) is 19.7. The molecule has 6 nitrogen and oxygen atoms in total. The van der Waals surface area contributed by atoms with Gasteiger partial charge in [0.25, 0.3) is 11.8 Å². The lowest BCUT2D eigenvalue weighted by atomic mass is 9.87. The molecule has 0 saturated heterocycles. The van der Waals surface area contributed by atoms with Crippen molar-refractivity contribution in [2.45, 2.75) is 26.2 Å². The third-order valence-corrected chi connectivity index (χ3v) is 4.96. The van der Waals surface area contributed by atoms with Gasteiger partial charge in [-0.05, 0) is 65.7 Å². The Labute approximate surface area is 199 Å². The molecule has 0 spiro atoms. The first-order valence-electron chi connectivity index (χ1n) is 10.5. The van der Waals surface area contributed by atoms with Crippen LogP contribution in [0.1, 0.15) is 36.7 Å². The smallest absolute Gasteiger partial charge is 0.264 e. The second-order valence-corrected chi connectivity index (χ2v) is 8.87. The summed E-state index contributed by atoms with van der Waals surface area (Å²) in [6.07, 6.45) is 0. The molecule has 0 unspecified atom stereocenters. The van der Waals surface area contributed by atoms with E-state index in [1.807, 2.05) is 42.5 Å². The number of benzene rings is 3. The van der Waals surface area contributed by atoms with Crippen molar-refractivity contribution in [3.8, 4) is 5.75 Å². The van der Waals surface area contributed by atoms with Crippen LogP contribution in [0.4, 0.5) is 11.4 Å². The lowest BCUT2D eigenvalue weighted by Crippen LogP contribution is -2.37. The number of carbonyl (C=O) groups is 2. The molecule has 3 aromatic carbocycles. The van der Waals surface area contributed by atoms with Crippen LogP contribution >= 0.6 is 12.2 Å². The van der Waals surface area contributed by atoms with Crippen LogP contribution in [0.2, 0.25) is 0 Å². The van der Waals surface area contributed by atoms with Crippen LogP contribution in [-0.4, -0.2) is 23.5 Å². The predicted molar refractivity (Wildman–Crippen MR) is 136 cm³/mol. The van der Waals surface area contributed by atoms with Gasteiger partial charge in [0.2, 0.25) is 0 Å². The van der Waals surface area contributed by atoms with Crippen LogP contribution in [0, 0.1) is 0 Å². The maximum atomic E-state index is 12.6. The minimum Gasteiger partial charge on any atom is -0.484 e. The van der Waals surface area contributed by atoms with E-state index in [0.29, 0.717) is 22.7 Å². The van der Waals surface area contributed by atoms with Crippen LogP contribution in [-0.2, 0) is 10.2 Å². The van der Waals surface area contributed by atoms with Crippen LogP contribution in [0.3, 0.4) is 0 Å². The highest BCUT2D eigenvalue weighted by atomic mass is 32.1. The molecule has 2 amide bonds. The number of thiocarbonyl (C=S) groups is 1. The van der Waals surface area contributed by atoms with E-state index in [-0.39, 0.29) is 28.9 Å². The second-order valence-electron chi connectivity index (χ2n) is 8.47. The SMILES string of the molecule is CC(C)(C)c1ccc(C(=O)Nc2cccc(NC(=S)NC(=O)COc3ccccc3)c2)cc1. The van der Waals surface area contributed by atoms with Crippen molar-refractivity contribution < 1.29 is 14.3 Å². The van der Waals surface area contributed by atoms with E-state index in [2.05, 4.69) is 36.7 Å². The average molecular weight is 462 g/mol. The number of carbonyl (C=O) groups excluding carboxylic acids is 2. The van der Waals surface area contributed by atoms with Gasteiger partial charge in [-0.15, -0.1) is 0 Å². The van der Waals surface area contributed by atoms with Crippen LogP contribution in [0.25, 0.3) is 0 Å². The van der Waals surface area contributed by atoms with Gasteiger partial charge >= 0.3 is 0 Å². The molecule has 0 bridgehead atoms. The fraction of sp³-hybridized carbons (Fsp3) is 0.192. The summed E-state index contributed by atoms with van der Waals surface area (Å²) in [5.74, 6) is 0.0177. The number of amides is 2. The molecule has 0 aliphatic rings. The van der Waals surface area contributed by atoms with Crippen molar-refractivity contribution in [1.29, 1.82) is 0 Å². The minimum absolute atomic E-state index is 0.0243. The number of para-hydroxylation sites is 1. The zero-order chi connectivity index (χ0) is 23.8. The zero-order valence-electron chi connectivity index (χ0n) is 18.8. The Kier molecular flexibility index (Phi) is 7.79. The molecule has 0 radical (unpaired) electrons. The van der Waals surface area contributed by atoms with Gasteiger partial charge in [0.15, 0.2) is 11.7 Å². The maximum absolute atomic E-state index is 12.6. The summed E-state index contributed by atoms with van der Waals surface area (Å²) in [7, 11) is 0. The molecule has 0 aromatic heterocycles. The number of hydrogen-bond acceptors (Lipinski definition) is 4. The van der Waals surface area contributed by atoms with Gasteiger partial charge < -0.3 is 15.4 Å². The van der Waals surface area contributed by atoms with Crippen LogP contribution < -0.4 is 20.7 Å². The van der Waals surface area contributed by atoms with Gasteiger partial charge in [-0.3, -0.25) is 14.9 Å². The summed E-state index contributed by atoms with van der Waals surface area (Å²) in [6, 6.07) is 23.7. The summed E-state index contributed by atoms with van der Waals surface area (Å²) in [5, 5.41) is 8.53. The fourth-order valence-electron chi connectivity index (χ4n) is 2.99. The predicted octanol–water partition coefficient (Wildman–Crippen LogP) is 5.13. The van der Waals surface area contributed by atoms with E-state index in [9.17, 15) is 9.59 Å². The molecule has 7 heteroatoms. The molecule has 0 atom stereocenters. The monoisotopic (exact) mass is 461 g/mol. The van der Waals surface area contributed by atoms with Crippen molar-refractivity contribution >= 4 is 40.5 Å². The summed E-state index contributed by atoms with van der Waals surface area (Å²) in [6.45, 7) is 6.23. The Morgan fingerprint density at radius 2 is 1.48 bits per heavy atom. The summed E-state index contributed by atoms with van der Waals surface area (Å²) in [5.41, 5.74) is 2.99. The third-order valence-electron chi connectivity index (χ3n) is 4.76. The molecule has 0 heterocycles. The molecule has 170 valence electrons. The molecule has 3 aromatic rings. The fourth-order valence-corrected chi connectivity index (χ4v) is 3.22. The quantitative estimate of drug-likeness (QED) is 0.444. The Balaban J connectivity index is 1.53. The lowest BCUT2D eigenvalue weighted by Gasteiger charge is -2.19. The lowest BCUT2D eigenvalue weighted by molar-refractivity contribution is -0.121. The highest BCUT2D eigenvalue weighted by Gasteiger charge is 2.14. The van der Waals surface area contributed by atoms with E-state index < -0.39 is 0 Å². The van der Waals surface area contributed by atoms with Gasteiger partial charge in [-0.2, -0.15) is 0 Å². The van der Waals surface area contributed by atoms with E-state index in [1.165, 1.54) is 0 Å². The Hall–Kier alpha value is -3.71. The van der Waals surface area contributed by atoms with Gasteiger partial charge in [0.05, 0.1) is 0 Å². The highest BCUT2D eigenvalue weighted by Crippen LogP contribution is 2.23. The average Bonchev–Trinajstić information content (AvgIpc) is 2.78. The van der Waals surface area contributed by atoms with E-state index in [0.717, 1.165) is 5.56 Å². The van der Waals surface area contributed by atoms with Gasteiger partial charge in [0, 0.05) is 16.9 Å². The molecule has 3 N–H and O–H groups in total.